The van der Waals surface area contributed by atoms with E-state index in [1.165, 1.54) is 29.3 Å². The summed E-state index contributed by atoms with van der Waals surface area (Å²) in [7, 11) is 3.77. The molecule has 5 nitrogen and oxygen atoms in total. The number of rotatable bonds is 7. The molecular weight excluding hydrogens is 386 g/mol. The van der Waals surface area contributed by atoms with E-state index >= 15 is 0 Å². The van der Waals surface area contributed by atoms with Crippen LogP contribution in [0.3, 0.4) is 0 Å². The number of para-hydroxylation sites is 1. The van der Waals surface area contributed by atoms with E-state index in [2.05, 4.69) is 52.3 Å². The predicted molar refractivity (Wildman–Crippen MR) is 127 cm³/mol. The van der Waals surface area contributed by atoms with Crippen molar-refractivity contribution in [2.45, 2.75) is 39.2 Å². The van der Waals surface area contributed by atoms with Crippen LogP contribution in [0.5, 0.6) is 5.75 Å². The molecule has 1 aliphatic heterocycles. The summed E-state index contributed by atoms with van der Waals surface area (Å²) < 4.78 is 7.46. The lowest BCUT2D eigenvalue weighted by molar-refractivity contribution is -0.116. The summed E-state index contributed by atoms with van der Waals surface area (Å²) in [6, 6.07) is 14.4. The number of benzene rings is 2. The van der Waals surface area contributed by atoms with Crippen molar-refractivity contribution in [1.29, 1.82) is 0 Å². The summed E-state index contributed by atoms with van der Waals surface area (Å²) in [4.78, 5) is 15.1. The van der Waals surface area contributed by atoms with Gasteiger partial charge < -0.3 is 14.6 Å². The van der Waals surface area contributed by atoms with Crippen LogP contribution in [0.2, 0.25) is 0 Å². The molecule has 4 rings (SSSR count). The number of likely N-dealkylation sites (tertiary alicyclic amines) is 1. The Hall–Kier alpha value is -2.79. The van der Waals surface area contributed by atoms with E-state index in [1.54, 1.807) is 7.11 Å². The number of piperidine rings is 1. The number of ether oxygens (including phenoxy) is 1. The van der Waals surface area contributed by atoms with Crippen LogP contribution in [-0.4, -0.2) is 35.6 Å². The van der Waals surface area contributed by atoms with Gasteiger partial charge in [0, 0.05) is 49.3 Å². The highest BCUT2D eigenvalue weighted by Gasteiger charge is 2.22. The van der Waals surface area contributed by atoms with Gasteiger partial charge in [0.15, 0.2) is 0 Å². The standard InChI is InChI=1S/C26H33N3O2/c1-19-15-22(31-3)11-12-24(19)27-26(30)13-10-20-7-6-14-29(16-20)18-21-17-28(2)25-9-5-4-8-23(21)25/h4-5,8-9,11-12,15,17,20H,6-7,10,13-14,16,18H2,1-3H3,(H,27,30)/t20-/m0/s1. The Morgan fingerprint density at radius 1 is 1.23 bits per heavy atom. The molecule has 3 aromatic rings. The number of nitrogens with zero attached hydrogens (tertiary/aromatic N) is 2. The van der Waals surface area contributed by atoms with Gasteiger partial charge in [-0.1, -0.05) is 18.2 Å². The predicted octanol–water partition coefficient (Wildman–Crippen LogP) is 5.13. The van der Waals surface area contributed by atoms with Crippen molar-refractivity contribution in [3.05, 3.63) is 59.8 Å². The SMILES string of the molecule is COc1ccc(NC(=O)CC[C@@H]2CCCN(Cc3cn(C)c4ccccc34)C2)c(C)c1. The summed E-state index contributed by atoms with van der Waals surface area (Å²) in [5, 5.41) is 4.41. The lowest BCUT2D eigenvalue weighted by Crippen LogP contribution is -2.35. The van der Waals surface area contributed by atoms with E-state index in [0.717, 1.165) is 43.1 Å². The second-order valence-corrected chi connectivity index (χ2v) is 8.79. The Labute approximate surface area is 185 Å². The quantitative estimate of drug-likeness (QED) is 0.578. The third-order valence-electron chi connectivity index (χ3n) is 6.46. The monoisotopic (exact) mass is 419 g/mol. The zero-order valence-electron chi connectivity index (χ0n) is 18.9. The largest absolute Gasteiger partial charge is 0.497 e. The molecule has 0 spiro atoms. The number of aryl methyl sites for hydroxylation is 2. The van der Waals surface area contributed by atoms with Crippen LogP contribution < -0.4 is 10.1 Å². The molecule has 31 heavy (non-hydrogen) atoms. The first kappa shape index (κ1) is 21.4. The molecule has 2 aromatic carbocycles. The molecule has 1 aromatic heterocycles. The second kappa shape index (κ2) is 9.56. The van der Waals surface area contributed by atoms with Crippen molar-refractivity contribution in [1.82, 2.24) is 9.47 Å². The maximum atomic E-state index is 12.5. The lowest BCUT2D eigenvalue weighted by atomic mass is 9.93. The number of hydrogen-bond acceptors (Lipinski definition) is 3. The van der Waals surface area contributed by atoms with Crippen molar-refractivity contribution >= 4 is 22.5 Å². The Morgan fingerprint density at radius 2 is 2.06 bits per heavy atom. The number of aromatic nitrogens is 1. The molecule has 1 saturated heterocycles. The highest BCUT2D eigenvalue weighted by Crippen LogP contribution is 2.27. The number of carbonyl (C=O) groups is 1. The lowest BCUT2D eigenvalue weighted by Gasteiger charge is -2.32. The van der Waals surface area contributed by atoms with E-state index in [9.17, 15) is 4.79 Å². The molecule has 2 heterocycles. The minimum absolute atomic E-state index is 0.0967. The Morgan fingerprint density at radius 3 is 2.87 bits per heavy atom. The summed E-state index contributed by atoms with van der Waals surface area (Å²) in [5.41, 5.74) is 4.57. The maximum Gasteiger partial charge on any atom is 0.224 e. The van der Waals surface area contributed by atoms with Crippen molar-refractivity contribution in [3.8, 4) is 5.75 Å². The Balaban J connectivity index is 1.30. The molecule has 164 valence electrons. The number of nitrogens with one attached hydrogen (secondary N) is 1. The van der Waals surface area contributed by atoms with Crippen LogP contribution in [0, 0.1) is 12.8 Å². The number of fused-ring (bicyclic) bond motifs is 1. The zero-order valence-corrected chi connectivity index (χ0v) is 18.9. The Bertz CT molecular complexity index is 1060. The van der Waals surface area contributed by atoms with Gasteiger partial charge in [-0.25, -0.2) is 0 Å². The summed E-state index contributed by atoms with van der Waals surface area (Å²) >= 11 is 0. The van der Waals surface area contributed by atoms with Crippen LogP contribution in [0.1, 0.15) is 36.8 Å². The maximum absolute atomic E-state index is 12.5. The Kier molecular flexibility index (Phi) is 6.62. The molecule has 1 fully saturated rings. The molecule has 0 aliphatic carbocycles. The summed E-state index contributed by atoms with van der Waals surface area (Å²) in [5.74, 6) is 1.48. The normalized spacial score (nSPS) is 17.1. The van der Waals surface area contributed by atoms with Crippen LogP contribution in [0.25, 0.3) is 10.9 Å². The number of carbonyl (C=O) groups excluding carboxylic acids is 1. The summed E-state index contributed by atoms with van der Waals surface area (Å²) in [6.07, 6.45) is 6.18. The average Bonchev–Trinajstić information content (AvgIpc) is 3.09. The van der Waals surface area contributed by atoms with Crippen LogP contribution >= 0.6 is 0 Å². The van der Waals surface area contributed by atoms with E-state index in [4.69, 9.17) is 4.74 Å². The fraction of sp³-hybridized carbons (Fsp3) is 0.423. The van der Waals surface area contributed by atoms with Crippen LogP contribution in [0.4, 0.5) is 5.69 Å². The van der Waals surface area contributed by atoms with Gasteiger partial charge in [-0.2, -0.15) is 0 Å². The molecular formula is C26H33N3O2. The van der Waals surface area contributed by atoms with Crippen molar-refractivity contribution in [2.24, 2.45) is 13.0 Å². The van der Waals surface area contributed by atoms with Gasteiger partial charge in [0.05, 0.1) is 7.11 Å². The molecule has 0 saturated carbocycles. The van der Waals surface area contributed by atoms with Crippen molar-refractivity contribution in [2.75, 3.05) is 25.5 Å². The van der Waals surface area contributed by atoms with Gasteiger partial charge in [-0.05, 0) is 74.0 Å². The highest BCUT2D eigenvalue weighted by atomic mass is 16.5. The van der Waals surface area contributed by atoms with Crippen molar-refractivity contribution in [3.63, 3.8) is 0 Å². The van der Waals surface area contributed by atoms with E-state index in [0.29, 0.717) is 12.3 Å². The van der Waals surface area contributed by atoms with Crippen molar-refractivity contribution < 1.29 is 9.53 Å². The van der Waals surface area contributed by atoms with Gasteiger partial charge in [-0.3, -0.25) is 9.69 Å². The average molecular weight is 420 g/mol. The topological polar surface area (TPSA) is 46.5 Å². The number of anilines is 1. The highest BCUT2D eigenvalue weighted by molar-refractivity contribution is 5.91. The number of amides is 1. The van der Waals surface area contributed by atoms with Gasteiger partial charge in [-0.15, -0.1) is 0 Å². The third-order valence-corrected chi connectivity index (χ3v) is 6.46. The molecule has 1 amide bonds. The zero-order chi connectivity index (χ0) is 21.8. The van der Waals surface area contributed by atoms with Crippen LogP contribution in [-0.2, 0) is 18.4 Å². The number of methoxy groups -OCH3 is 1. The minimum atomic E-state index is 0.0967. The van der Waals surface area contributed by atoms with E-state index < -0.39 is 0 Å². The van der Waals surface area contributed by atoms with E-state index in [1.807, 2.05) is 25.1 Å². The first-order valence-electron chi connectivity index (χ1n) is 11.2. The van der Waals surface area contributed by atoms with Crippen LogP contribution in [0.15, 0.2) is 48.7 Å². The molecule has 1 N–H and O–H groups in total. The first-order valence-corrected chi connectivity index (χ1v) is 11.2. The minimum Gasteiger partial charge on any atom is -0.497 e. The fourth-order valence-electron chi connectivity index (χ4n) is 4.77. The molecule has 1 atom stereocenters. The van der Waals surface area contributed by atoms with Gasteiger partial charge in [0.1, 0.15) is 5.75 Å². The molecule has 5 heteroatoms. The second-order valence-electron chi connectivity index (χ2n) is 8.79. The molecule has 0 unspecified atom stereocenters. The molecule has 1 aliphatic rings. The smallest absolute Gasteiger partial charge is 0.224 e. The van der Waals surface area contributed by atoms with Gasteiger partial charge in [0.2, 0.25) is 5.91 Å². The molecule has 0 bridgehead atoms. The van der Waals surface area contributed by atoms with Gasteiger partial charge >= 0.3 is 0 Å². The fourth-order valence-corrected chi connectivity index (χ4v) is 4.77. The molecule has 0 radical (unpaired) electrons. The van der Waals surface area contributed by atoms with Gasteiger partial charge in [0.25, 0.3) is 0 Å². The third kappa shape index (κ3) is 5.10. The van der Waals surface area contributed by atoms with E-state index in [-0.39, 0.29) is 5.91 Å². The summed E-state index contributed by atoms with van der Waals surface area (Å²) in [6.45, 7) is 5.18. The first-order chi connectivity index (χ1) is 15.0. The number of hydrogen-bond donors (Lipinski definition) is 1.